The van der Waals surface area contributed by atoms with Gasteiger partial charge >= 0.3 is 0 Å². The van der Waals surface area contributed by atoms with Gasteiger partial charge in [-0.2, -0.15) is 0 Å². The third kappa shape index (κ3) is 3.57. The molecule has 4 nitrogen and oxygen atoms in total. The first-order valence-corrected chi connectivity index (χ1v) is 8.30. The van der Waals surface area contributed by atoms with Gasteiger partial charge in [-0.25, -0.2) is 4.39 Å². The van der Waals surface area contributed by atoms with Gasteiger partial charge in [-0.1, -0.05) is 23.2 Å². The van der Waals surface area contributed by atoms with E-state index in [0.717, 1.165) is 0 Å². The van der Waals surface area contributed by atoms with Gasteiger partial charge in [-0.15, -0.1) is 0 Å². The Hall–Kier alpha value is -2.24. The summed E-state index contributed by atoms with van der Waals surface area (Å²) in [5.74, 6) is 0.212. The number of nitrogens with one attached hydrogen (secondary N) is 1. The van der Waals surface area contributed by atoms with Crippen molar-refractivity contribution in [2.45, 2.75) is 6.92 Å². The maximum absolute atomic E-state index is 14.0. The highest BCUT2D eigenvalue weighted by atomic mass is 35.5. The summed E-state index contributed by atoms with van der Waals surface area (Å²) in [6.45, 7) is 2.16. The van der Waals surface area contributed by atoms with Crippen LogP contribution in [0.15, 0.2) is 36.5 Å². The monoisotopic (exact) mass is 380 g/mol. The van der Waals surface area contributed by atoms with E-state index in [1.165, 1.54) is 13.2 Å². The van der Waals surface area contributed by atoms with Crippen LogP contribution in [0, 0.1) is 5.82 Å². The fraction of sp³-hybridized carbons (Fsp3) is 0.167. The second kappa shape index (κ2) is 7.33. The number of anilines is 2. The predicted molar refractivity (Wildman–Crippen MR) is 99.2 cm³/mol. The molecule has 0 aliphatic carbocycles. The van der Waals surface area contributed by atoms with Gasteiger partial charge in [0.1, 0.15) is 5.75 Å². The van der Waals surface area contributed by atoms with Crippen molar-refractivity contribution in [1.82, 2.24) is 4.98 Å². The molecule has 0 radical (unpaired) electrons. The molecule has 0 aliphatic heterocycles. The van der Waals surface area contributed by atoms with Crippen LogP contribution in [0.2, 0.25) is 10.0 Å². The number of benzene rings is 2. The van der Waals surface area contributed by atoms with E-state index in [-0.39, 0.29) is 5.75 Å². The van der Waals surface area contributed by atoms with Crippen molar-refractivity contribution >= 4 is 45.5 Å². The largest absolute Gasteiger partial charge is 0.495 e. The number of aromatic nitrogens is 1. The topological polar surface area (TPSA) is 43.4 Å². The molecule has 0 saturated heterocycles. The molecule has 25 heavy (non-hydrogen) atoms. The summed E-state index contributed by atoms with van der Waals surface area (Å²) in [5.41, 5.74) is 1.82. The highest BCUT2D eigenvalue weighted by molar-refractivity contribution is 6.37. The molecular formula is C18H15Cl2FN2O2. The Morgan fingerprint density at radius 1 is 1.08 bits per heavy atom. The number of hydrogen-bond donors (Lipinski definition) is 1. The highest BCUT2D eigenvalue weighted by Crippen LogP contribution is 2.37. The minimum atomic E-state index is -0.454. The molecule has 1 N–H and O–H groups in total. The third-order valence-corrected chi connectivity index (χ3v) is 4.21. The number of fused-ring (bicyclic) bond motifs is 1. The van der Waals surface area contributed by atoms with E-state index < -0.39 is 5.82 Å². The van der Waals surface area contributed by atoms with E-state index in [2.05, 4.69) is 10.3 Å². The van der Waals surface area contributed by atoms with E-state index in [9.17, 15) is 4.39 Å². The molecular weight excluding hydrogens is 366 g/mol. The Morgan fingerprint density at radius 2 is 1.88 bits per heavy atom. The average Bonchev–Trinajstić information content (AvgIpc) is 2.58. The molecule has 0 bridgehead atoms. The maximum atomic E-state index is 14.0. The quantitative estimate of drug-likeness (QED) is 0.604. The SMILES string of the molecule is CCOc1cc2c(Nc3cc(OC)c(Cl)cc3Cl)ccnc2cc1F. The number of hydrogen-bond acceptors (Lipinski definition) is 4. The minimum absolute atomic E-state index is 0.172. The Labute approximate surface area is 154 Å². The molecule has 0 saturated carbocycles. The normalized spacial score (nSPS) is 10.8. The van der Waals surface area contributed by atoms with Crippen molar-refractivity contribution in [3.8, 4) is 11.5 Å². The van der Waals surface area contributed by atoms with E-state index in [0.29, 0.717) is 44.7 Å². The zero-order chi connectivity index (χ0) is 18.0. The van der Waals surface area contributed by atoms with Crippen LogP contribution in [0.5, 0.6) is 11.5 Å². The van der Waals surface area contributed by atoms with Gasteiger partial charge in [0, 0.05) is 29.4 Å². The van der Waals surface area contributed by atoms with Crippen LogP contribution in [-0.2, 0) is 0 Å². The maximum Gasteiger partial charge on any atom is 0.167 e. The molecule has 0 amide bonds. The summed E-state index contributed by atoms with van der Waals surface area (Å²) in [4.78, 5) is 4.20. The lowest BCUT2D eigenvalue weighted by molar-refractivity contribution is 0.322. The zero-order valence-corrected chi connectivity index (χ0v) is 15.1. The van der Waals surface area contributed by atoms with Gasteiger partial charge in [0.15, 0.2) is 11.6 Å². The summed E-state index contributed by atoms with van der Waals surface area (Å²) < 4.78 is 24.6. The number of methoxy groups -OCH3 is 1. The summed E-state index contributed by atoms with van der Waals surface area (Å²) in [6, 6.07) is 8.02. The molecule has 3 aromatic rings. The van der Waals surface area contributed by atoms with Crippen molar-refractivity contribution in [2.75, 3.05) is 19.0 Å². The first kappa shape index (κ1) is 17.6. The van der Waals surface area contributed by atoms with E-state index in [1.807, 2.05) is 0 Å². The fourth-order valence-corrected chi connectivity index (χ4v) is 2.96. The average molecular weight is 381 g/mol. The van der Waals surface area contributed by atoms with Gasteiger partial charge in [-0.3, -0.25) is 4.98 Å². The zero-order valence-electron chi connectivity index (χ0n) is 13.6. The lowest BCUT2D eigenvalue weighted by Gasteiger charge is -2.14. The molecule has 0 atom stereocenters. The summed E-state index contributed by atoms with van der Waals surface area (Å²) in [5, 5.41) is 4.77. The van der Waals surface area contributed by atoms with Gasteiger partial charge in [0.2, 0.25) is 0 Å². The number of nitrogens with zero attached hydrogens (tertiary/aromatic N) is 1. The molecule has 0 fully saturated rings. The van der Waals surface area contributed by atoms with Gasteiger partial charge in [-0.05, 0) is 25.1 Å². The predicted octanol–water partition coefficient (Wildman–Crippen LogP) is 5.83. The smallest absolute Gasteiger partial charge is 0.167 e. The first-order valence-electron chi connectivity index (χ1n) is 7.54. The molecule has 7 heteroatoms. The molecule has 1 aromatic heterocycles. The molecule has 130 valence electrons. The molecule has 3 rings (SSSR count). The third-order valence-electron chi connectivity index (χ3n) is 3.61. The number of halogens is 3. The number of ether oxygens (including phenoxy) is 2. The molecule has 0 unspecified atom stereocenters. The second-order valence-corrected chi connectivity index (χ2v) is 6.00. The van der Waals surface area contributed by atoms with Crippen molar-refractivity contribution in [3.05, 3.63) is 52.4 Å². The van der Waals surface area contributed by atoms with E-state index in [4.69, 9.17) is 32.7 Å². The highest BCUT2D eigenvalue weighted by Gasteiger charge is 2.12. The van der Waals surface area contributed by atoms with Crippen LogP contribution in [0.25, 0.3) is 10.9 Å². The molecule has 2 aromatic carbocycles. The van der Waals surface area contributed by atoms with Gasteiger partial charge in [0.05, 0.1) is 35.0 Å². The Balaban J connectivity index is 2.08. The van der Waals surface area contributed by atoms with Crippen molar-refractivity contribution in [1.29, 1.82) is 0 Å². The van der Waals surface area contributed by atoms with Crippen molar-refractivity contribution < 1.29 is 13.9 Å². The van der Waals surface area contributed by atoms with Gasteiger partial charge in [0.25, 0.3) is 0 Å². The number of rotatable bonds is 5. The number of pyridine rings is 1. The van der Waals surface area contributed by atoms with E-state index in [1.54, 1.807) is 37.4 Å². The lowest BCUT2D eigenvalue weighted by atomic mass is 10.1. The summed E-state index contributed by atoms with van der Waals surface area (Å²) >= 11 is 12.3. The van der Waals surface area contributed by atoms with Crippen molar-refractivity contribution in [3.63, 3.8) is 0 Å². The second-order valence-electron chi connectivity index (χ2n) is 5.18. The molecule has 0 spiro atoms. The molecule has 0 aliphatic rings. The Morgan fingerprint density at radius 3 is 2.60 bits per heavy atom. The van der Waals surface area contributed by atoms with E-state index >= 15 is 0 Å². The van der Waals surface area contributed by atoms with Crippen LogP contribution in [0.3, 0.4) is 0 Å². The van der Waals surface area contributed by atoms with Crippen molar-refractivity contribution in [2.24, 2.45) is 0 Å². The minimum Gasteiger partial charge on any atom is -0.495 e. The Bertz CT molecular complexity index is 935. The summed E-state index contributed by atoms with van der Waals surface area (Å²) in [6.07, 6.45) is 1.59. The van der Waals surface area contributed by atoms with Gasteiger partial charge < -0.3 is 14.8 Å². The fourth-order valence-electron chi connectivity index (χ4n) is 2.45. The van der Waals surface area contributed by atoms with Crippen LogP contribution >= 0.6 is 23.2 Å². The Kier molecular flexibility index (Phi) is 5.16. The van der Waals surface area contributed by atoms with Crippen LogP contribution in [-0.4, -0.2) is 18.7 Å². The van der Waals surface area contributed by atoms with Crippen LogP contribution in [0.1, 0.15) is 6.92 Å². The van der Waals surface area contributed by atoms with Crippen LogP contribution in [0.4, 0.5) is 15.8 Å². The lowest BCUT2D eigenvalue weighted by Crippen LogP contribution is -1.98. The summed E-state index contributed by atoms with van der Waals surface area (Å²) in [7, 11) is 1.53. The molecule has 1 heterocycles. The standard InChI is InChI=1S/C18H15Cl2FN2O2/c1-3-25-18-6-10-14(4-5-22-15(10)8-13(18)21)23-16-9-17(24-2)12(20)7-11(16)19/h4-9H,3H2,1-2H3,(H,22,23). The first-order chi connectivity index (χ1) is 12.0. The van der Waals surface area contributed by atoms with Crippen LogP contribution < -0.4 is 14.8 Å².